The average Bonchev–Trinajstić information content (AvgIpc) is 3.03. The van der Waals surface area contributed by atoms with Crippen molar-refractivity contribution in [1.82, 2.24) is 0 Å². The third-order valence-corrected chi connectivity index (χ3v) is 5.84. The Hall–Kier alpha value is -3.25. The van der Waals surface area contributed by atoms with Gasteiger partial charge in [0.25, 0.3) is 5.91 Å². The van der Waals surface area contributed by atoms with Gasteiger partial charge in [0, 0.05) is 10.2 Å². The van der Waals surface area contributed by atoms with E-state index in [9.17, 15) is 14.0 Å². The van der Waals surface area contributed by atoms with Crippen molar-refractivity contribution in [3.8, 4) is 0 Å². The summed E-state index contributed by atoms with van der Waals surface area (Å²) in [6, 6.07) is 17.6. The first-order chi connectivity index (χ1) is 14.4. The van der Waals surface area contributed by atoms with Crippen LogP contribution in [-0.4, -0.2) is 5.91 Å². The number of hydrogen-bond donors (Lipinski definition) is 0. The molecule has 0 bridgehead atoms. The standard InChI is InChI=1S/C24H15BrFNO3/c1-13-2-11-19-18(12-13)22(28)20-21(14-3-7-16(26)8-4-14)27(24(29)23(20)30-19)17-9-5-15(25)6-10-17/h2-12,21H,1H3. The van der Waals surface area contributed by atoms with E-state index in [2.05, 4.69) is 15.9 Å². The Kier molecular flexibility index (Phi) is 4.33. The SMILES string of the molecule is Cc1ccc2oc3c(c(=O)c2c1)C(c1ccc(F)cc1)N(c1ccc(Br)cc1)C3=O. The zero-order valence-corrected chi connectivity index (χ0v) is 17.4. The van der Waals surface area contributed by atoms with Crippen molar-refractivity contribution in [2.45, 2.75) is 13.0 Å². The molecule has 0 N–H and O–H groups in total. The molecular formula is C24H15BrFNO3. The van der Waals surface area contributed by atoms with Gasteiger partial charge in [-0.15, -0.1) is 0 Å². The molecule has 1 aromatic heterocycles. The number of rotatable bonds is 2. The van der Waals surface area contributed by atoms with Crippen LogP contribution in [0.3, 0.4) is 0 Å². The molecule has 1 aliphatic heterocycles. The van der Waals surface area contributed by atoms with E-state index in [-0.39, 0.29) is 22.6 Å². The summed E-state index contributed by atoms with van der Waals surface area (Å²) in [6.07, 6.45) is 0. The third kappa shape index (κ3) is 2.87. The van der Waals surface area contributed by atoms with Gasteiger partial charge in [0.2, 0.25) is 5.76 Å². The van der Waals surface area contributed by atoms with Crippen molar-refractivity contribution >= 4 is 38.5 Å². The number of carbonyl (C=O) groups is 1. The second kappa shape index (κ2) is 6.92. The van der Waals surface area contributed by atoms with Gasteiger partial charge in [-0.2, -0.15) is 0 Å². The van der Waals surface area contributed by atoms with Gasteiger partial charge in [-0.1, -0.05) is 39.7 Å². The lowest BCUT2D eigenvalue weighted by atomic mass is 9.98. The van der Waals surface area contributed by atoms with Crippen LogP contribution in [0, 0.1) is 12.7 Å². The van der Waals surface area contributed by atoms with Crippen molar-refractivity contribution in [3.63, 3.8) is 0 Å². The van der Waals surface area contributed by atoms with Crippen LogP contribution in [0.2, 0.25) is 0 Å². The van der Waals surface area contributed by atoms with Crippen LogP contribution in [0.25, 0.3) is 11.0 Å². The van der Waals surface area contributed by atoms with Crippen LogP contribution in [-0.2, 0) is 0 Å². The third-order valence-electron chi connectivity index (χ3n) is 5.32. The van der Waals surface area contributed by atoms with Crippen LogP contribution < -0.4 is 10.3 Å². The molecule has 1 unspecified atom stereocenters. The van der Waals surface area contributed by atoms with E-state index in [0.717, 1.165) is 10.0 Å². The topological polar surface area (TPSA) is 50.5 Å². The lowest BCUT2D eigenvalue weighted by molar-refractivity contribution is 0.0971. The highest BCUT2D eigenvalue weighted by molar-refractivity contribution is 9.10. The van der Waals surface area contributed by atoms with Crippen LogP contribution in [0.4, 0.5) is 10.1 Å². The highest BCUT2D eigenvalue weighted by Crippen LogP contribution is 2.41. The Morgan fingerprint density at radius 3 is 2.37 bits per heavy atom. The molecule has 1 amide bonds. The molecule has 2 heterocycles. The Bertz CT molecular complexity index is 1360. The van der Waals surface area contributed by atoms with E-state index in [1.807, 2.05) is 25.1 Å². The smallest absolute Gasteiger partial charge is 0.295 e. The van der Waals surface area contributed by atoms with Crippen LogP contribution in [0.5, 0.6) is 0 Å². The van der Waals surface area contributed by atoms with Gasteiger partial charge in [0.15, 0.2) is 5.43 Å². The van der Waals surface area contributed by atoms with Crippen LogP contribution in [0.1, 0.15) is 33.3 Å². The Morgan fingerprint density at radius 1 is 0.967 bits per heavy atom. The first kappa shape index (κ1) is 18.8. The minimum atomic E-state index is -0.713. The van der Waals surface area contributed by atoms with Gasteiger partial charge in [-0.3, -0.25) is 14.5 Å². The van der Waals surface area contributed by atoms with Gasteiger partial charge in [-0.05, 0) is 61.0 Å². The molecule has 148 valence electrons. The lowest BCUT2D eigenvalue weighted by Gasteiger charge is -2.25. The van der Waals surface area contributed by atoms with Gasteiger partial charge in [0.05, 0.1) is 17.0 Å². The second-order valence-corrected chi connectivity index (χ2v) is 8.19. The molecule has 1 atom stereocenters. The molecule has 1 aliphatic rings. The number of aryl methyl sites for hydroxylation is 1. The molecule has 0 fully saturated rings. The fourth-order valence-corrected chi connectivity index (χ4v) is 4.18. The van der Waals surface area contributed by atoms with Crippen LogP contribution >= 0.6 is 15.9 Å². The molecule has 3 aromatic carbocycles. The molecule has 0 saturated carbocycles. The van der Waals surface area contributed by atoms with Crippen molar-refractivity contribution in [2.75, 3.05) is 4.90 Å². The number of amides is 1. The molecule has 6 heteroatoms. The maximum atomic E-state index is 13.6. The molecule has 0 aliphatic carbocycles. The minimum Gasteiger partial charge on any atom is -0.450 e. The minimum absolute atomic E-state index is 0.0218. The average molecular weight is 464 g/mol. The molecule has 4 nitrogen and oxygen atoms in total. The molecule has 0 saturated heterocycles. The fourth-order valence-electron chi connectivity index (χ4n) is 3.92. The van der Waals surface area contributed by atoms with Gasteiger partial charge in [0.1, 0.15) is 11.4 Å². The van der Waals surface area contributed by atoms with E-state index in [0.29, 0.717) is 22.2 Å². The van der Waals surface area contributed by atoms with E-state index >= 15 is 0 Å². The second-order valence-electron chi connectivity index (χ2n) is 7.28. The maximum absolute atomic E-state index is 13.6. The number of benzene rings is 3. The number of carbonyl (C=O) groups excluding carboxylic acids is 1. The zero-order valence-electron chi connectivity index (χ0n) is 15.9. The molecule has 4 aromatic rings. The summed E-state index contributed by atoms with van der Waals surface area (Å²) in [4.78, 5) is 28.4. The van der Waals surface area contributed by atoms with E-state index in [1.165, 1.54) is 17.0 Å². The predicted molar refractivity (Wildman–Crippen MR) is 116 cm³/mol. The quantitative estimate of drug-likeness (QED) is 0.380. The normalized spacial score (nSPS) is 15.6. The van der Waals surface area contributed by atoms with Gasteiger partial charge >= 0.3 is 0 Å². The van der Waals surface area contributed by atoms with Crippen LogP contribution in [0.15, 0.2) is 80.4 Å². The van der Waals surface area contributed by atoms with Gasteiger partial charge < -0.3 is 4.42 Å². The van der Waals surface area contributed by atoms with E-state index in [4.69, 9.17) is 4.42 Å². The first-order valence-corrected chi connectivity index (χ1v) is 10.2. The number of halogens is 2. The highest BCUT2D eigenvalue weighted by Gasteiger charge is 2.43. The van der Waals surface area contributed by atoms with Crippen molar-refractivity contribution in [3.05, 3.63) is 110 Å². The molecule has 0 spiro atoms. The molecule has 30 heavy (non-hydrogen) atoms. The summed E-state index contributed by atoms with van der Waals surface area (Å²) in [6.45, 7) is 1.89. The fraction of sp³-hybridized carbons (Fsp3) is 0.0833. The van der Waals surface area contributed by atoms with Crippen molar-refractivity contribution in [2.24, 2.45) is 0 Å². The number of anilines is 1. The lowest BCUT2D eigenvalue weighted by Crippen LogP contribution is -2.29. The summed E-state index contributed by atoms with van der Waals surface area (Å²) in [5.74, 6) is -0.769. The van der Waals surface area contributed by atoms with Crippen molar-refractivity contribution in [1.29, 1.82) is 0 Å². The zero-order chi connectivity index (χ0) is 21.0. The summed E-state index contributed by atoms with van der Waals surface area (Å²) < 4.78 is 20.4. The molecule has 5 rings (SSSR count). The number of nitrogens with zero attached hydrogens (tertiary/aromatic N) is 1. The Labute approximate surface area is 179 Å². The van der Waals surface area contributed by atoms with Crippen molar-refractivity contribution < 1.29 is 13.6 Å². The Morgan fingerprint density at radius 2 is 1.67 bits per heavy atom. The number of fused-ring (bicyclic) bond motifs is 2. The van der Waals surface area contributed by atoms with Gasteiger partial charge in [-0.25, -0.2) is 4.39 Å². The monoisotopic (exact) mass is 463 g/mol. The highest BCUT2D eigenvalue weighted by atomic mass is 79.9. The summed E-state index contributed by atoms with van der Waals surface area (Å²) in [5, 5.41) is 0.423. The van der Waals surface area contributed by atoms with E-state index in [1.54, 1.807) is 36.4 Å². The number of hydrogen-bond acceptors (Lipinski definition) is 3. The summed E-state index contributed by atoms with van der Waals surface area (Å²) >= 11 is 3.40. The first-order valence-electron chi connectivity index (χ1n) is 9.36. The Balaban J connectivity index is 1.81. The molecular weight excluding hydrogens is 449 g/mol. The largest absolute Gasteiger partial charge is 0.450 e. The summed E-state index contributed by atoms with van der Waals surface area (Å²) in [5.41, 5.74) is 2.55. The predicted octanol–water partition coefficient (Wildman–Crippen LogP) is 5.75. The maximum Gasteiger partial charge on any atom is 0.295 e. The van der Waals surface area contributed by atoms with E-state index < -0.39 is 11.9 Å². The summed E-state index contributed by atoms with van der Waals surface area (Å²) in [7, 11) is 0. The molecule has 0 radical (unpaired) electrons.